The van der Waals surface area contributed by atoms with Crippen LogP contribution in [0.4, 0.5) is 5.69 Å². The lowest BCUT2D eigenvalue weighted by atomic mass is 9.90. The van der Waals surface area contributed by atoms with Crippen LogP contribution < -0.4 is 10.2 Å². The molecule has 2 unspecified atom stereocenters. The summed E-state index contributed by atoms with van der Waals surface area (Å²) >= 11 is 0. The van der Waals surface area contributed by atoms with E-state index in [2.05, 4.69) is 36.2 Å². The molecule has 2 amide bonds. The van der Waals surface area contributed by atoms with Gasteiger partial charge in [-0.05, 0) is 48.8 Å². The van der Waals surface area contributed by atoms with Gasteiger partial charge in [-0.3, -0.25) is 14.9 Å². The molecule has 2 heterocycles. The fourth-order valence-corrected chi connectivity index (χ4v) is 3.86. The van der Waals surface area contributed by atoms with Crippen LogP contribution in [0.3, 0.4) is 0 Å². The van der Waals surface area contributed by atoms with Crippen molar-refractivity contribution < 1.29 is 9.59 Å². The molecule has 2 saturated heterocycles. The van der Waals surface area contributed by atoms with Crippen LogP contribution in [0.15, 0.2) is 24.3 Å². The van der Waals surface area contributed by atoms with E-state index >= 15 is 0 Å². The quantitative estimate of drug-likeness (QED) is 0.837. The van der Waals surface area contributed by atoms with Crippen molar-refractivity contribution in [2.75, 3.05) is 18.0 Å². The van der Waals surface area contributed by atoms with E-state index in [9.17, 15) is 9.59 Å². The molecule has 0 bridgehead atoms. The van der Waals surface area contributed by atoms with Crippen LogP contribution in [0, 0.1) is 11.8 Å². The van der Waals surface area contributed by atoms with Gasteiger partial charge in [0, 0.05) is 25.2 Å². The summed E-state index contributed by atoms with van der Waals surface area (Å²) in [5.74, 6) is 1.05. The minimum Gasteiger partial charge on any atom is -0.371 e. The highest BCUT2D eigenvalue weighted by Crippen LogP contribution is 2.30. The van der Waals surface area contributed by atoms with Gasteiger partial charge in [-0.25, -0.2) is 0 Å². The Labute approximate surface area is 152 Å². The molecular formula is C21H32N2O2. The summed E-state index contributed by atoms with van der Waals surface area (Å²) in [6.07, 6.45) is 3.61. The molecule has 4 nitrogen and oxygen atoms in total. The van der Waals surface area contributed by atoms with Crippen molar-refractivity contribution >= 4 is 17.5 Å². The molecule has 1 aromatic carbocycles. The van der Waals surface area contributed by atoms with Gasteiger partial charge in [0.2, 0.25) is 11.8 Å². The van der Waals surface area contributed by atoms with Crippen molar-refractivity contribution in [3.8, 4) is 0 Å². The number of anilines is 1. The topological polar surface area (TPSA) is 49.4 Å². The average Bonchev–Trinajstić information content (AvgIpc) is 3.05. The highest BCUT2D eigenvalue weighted by molar-refractivity contribution is 6.00. The Kier molecular flexibility index (Phi) is 7.03. The second-order valence-electron chi connectivity index (χ2n) is 7.33. The Bertz CT molecular complexity index is 580. The first-order valence-corrected chi connectivity index (χ1v) is 9.71. The standard InChI is InChI=1S/C19H26N2O2.C2H6/c1-13(2)11-14-9-10-21(12-14)16-5-3-15(4-6-16)17-7-8-18(22)20-19(17)23;1-2/h3-6,13-14,17H,7-12H2,1-2H3,(H,20,22,23);1-2H3. The van der Waals surface area contributed by atoms with Crippen molar-refractivity contribution in [1.82, 2.24) is 5.32 Å². The Morgan fingerprint density at radius 2 is 1.80 bits per heavy atom. The zero-order valence-electron chi connectivity index (χ0n) is 16.0. The van der Waals surface area contributed by atoms with E-state index in [0.29, 0.717) is 12.8 Å². The number of hydrogen-bond donors (Lipinski definition) is 1. The Morgan fingerprint density at radius 1 is 1.12 bits per heavy atom. The summed E-state index contributed by atoms with van der Waals surface area (Å²) in [5, 5.41) is 2.43. The van der Waals surface area contributed by atoms with Crippen LogP contribution in [0.5, 0.6) is 0 Å². The van der Waals surface area contributed by atoms with Gasteiger partial charge in [0.15, 0.2) is 0 Å². The van der Waals surface area contributed by atoms with E-state index in [0.717, 1.165) is 30.5 Å². The molecule has 0 aliphatic carbocycles. The number of carbonyl (C=O) groups excluding carboxylic acids is 2. The smallest absolute Gasteiger partial charge is 0.234 e. The minimum absolute atomic E-state index is 0.156. The molecule has 25 heavy (non-hydrogen) atoms. The normalized spacial score (nSPS) is 23.3. The molecule has 2 aliphatic rings. The van der Waals surface area contributed by atoms with E-state index in [-0.39, 0.29) is 17.7 Å². The van der Waals surface area contributed by atoms with Crippen molar-refractivity contribution in [3.05, 3.63) is 29.8 Å². The lowest BCUT2D eigenvalue weighted by Crippen LogP contribution is -2.39. The molecule has 0 aromatic heterocycles. The maximum Gasteiger partial charge on any atom is 0.234 e. The number of hydrogen-bond acceptors (Lipinski definition) is 3. The molecule has 2 fully saturated rings. The molecule has 138 valence electrons. The molecule has 3 rings (SSSR count). The van der Waals surface area contributed by atoms with E-state index < -0.39 is 0 Å². The van der Waals surface area contributed by atoms with Crippen molar-refractivity contribution in [3.63, 3.8) is 0 Å². The highest BCUT2D eigenvalue weighted by atomic mass is 16.2. The summed E-state index contributed by atoms with van der Waals surface area (Å²) in [5.41, 5.74) is 2.25. The van der Waals surface area contributed by atoms with Gasteiger partial charge < -0.3 is 4.90 Å². The molecule has 0 radical (unpaired) electrons. The van der Waals surface area contributed by atoms with Crippen LogP contribution in [0.1, 0.15) is 64.9 Å². The zero-order chi connectivity index (χ0) is 18.4. The van der Waals surface area contributed by atoms with Crippen LogP contribution in [0.2, 0.25) is 0 Å². The second-order valence-corrected chi connectivity index (χ2v) is 7.33. The molecule has 0 saturated carbocycles. The first-order chi connectivity index (χ1) is 12.0. The van der Waals surface area contributed by atoms with Gasteiger partial charge in [0.1, 0.15) is 0 Å². The number of rotatable bonds is 4. The third-order valence-corrected chi connectivity index (χ3v) is 4.99. The summed E-state index contributed by atoms with van der Waals surface area (Å²) in [6.45, 7) is 10.8. The number of amides is 2. The summed E-state index contributed by atoms with van der Waals surface area (Å²) in [7, 11) is 0. The largest absolute Gasteiger partial charge is 0.371 e. The lowest BCUT2D eigenvalue weighted by molar-refractivity contribution is -0.134. The monoisotopic (exact) mass is 344 g/mol. The number of imide groups is 1. The first-order valence-electron chi connectivity index (χ1n) is 9.71. The lowest BCUT2D eigenvalue weighted by Gasteiger charge is -2.23. The number of piperidine rings is 1. The first kappa shape index (κ1) is 19.5. The van der Waals surface area contributed by atoms with E-state index in [1.807, 2.05) is 26.0 Å². The minimum atomic E-state index is -0.186. The molecule has 2 atom stereocenters. The van der Waals surface area contributed by atoms with Gasteiger partial charge in [-0.1, -0.05) is 39.8 Å². The fourth-order valence-electron chi connectivity index (χ4n) is 3.86. The predicted molar refractivity (Wildman–Crippen MR) is 103 cm³/mol. The maximum atomic E-state index is 11.9. The van der Waals surface area contributed by atoms with Crippen LogP contribution in [0.25, 0.3) is 0 Å². The number of carbonyl (C=O) groups is 2. The van der Waals surface area contributed by atoms with Crippen LogP contribution in [-0.4, -0.2) is 24.9 Å². The summed E-state index contributed by atoms with van der Waals surface area (Å²) in [6, 6.07) is 8.34. The molecular weight excluding hydrogens is 312 g/mol. The van der Waals surface area contributed by atoms with Gasteiger partial charge >= 0.3 is 0 Å². The van der Waals surface area contributed by atoms with Gasteiger partial charge in [-0.2, -0.15) is 0 Å². The molecule has 1 N–H and O–H groups in total. The number of nitrogens with one attached hydrogen (secondary N) is 1. The fraction of sp³-hybridized carbons (Fsp3) is 0.619. The second kappa shape index (κ2) is 9.02. The summed E-state index contributed by atoms with van der Waals surface area (Å²) < 4.78 is 0. The molecule has 1 aromatic rings. The molecule has 2 aliphatic heterocycles. The van der Waals surface area contributed by atoms with E-state index in [1.54, 1.807) is 0 Å². The molecule has 4 heteroatoms. The Morgan fingerprint density at radius 3 is 2.40 bits per heavy atom. The SMILES string of the molecule is CC.CC(C)CC1CCN(c2ccc(C3CCC(=O)NC3=O)cc2)C1. The summed E-state index contributed by atoms with van der Waals surface area (Å²) in [4.78, 5) is 25.6. The maximum absolute atomic E-state index is 11.9. The molecule has 0 spiro atoms. The van der Waals surface area contributed by atoms with E-state index in [1.165, 1.54) is 18.5 Å². The van der Waals surface area contributed by atoms with Crippen LogP contribution in [-0.2, 0) is 9.59 Å². The van der Waals surface area contributed by atoms with Crippen LogP contribution >= 0.6 is 0 Å². The third-order valence-electron chi connectivity index (χ3n) is 4.99. The Hall–Kier alpha value is -1.84. The third kappa shape index (κ3) is 5.07. The van der Waals surface area contributed by atoms with Gasteiger partial charge in [0.05, 0.1) is 5.92 Å². The van der Waals surface area contributed by atoms with Gasteiger partial charge in [-0.15, -0.1) is 0 Å². The van der Waals surface area contributed by atoms with Gasteiger partial charge in [0.25, 0.3) is 0 Å². The average molecular weight is 344 g/mol. The van der Waals surface area contributed by atoms with Crippen molar-refractivity contribution in [2.24, 2.45) is 11.8 Å². The Balaban J connectivity index is 0.00000109. The van der Waals surface area contributed by atoms with Crippen molar-refractivity contribution in [1.29, 1.82) is 0 Å². The van der Waals surface area contributed by atoms with E-state index in [4.69, 9.17) is 0 Å². The number of benzene rings is 1. The predicted octanol–water partition coefficient (Wildman–Crippen LogP) is 4.11. The highest BCUT2D eigenvalue weighted by Gasteiger charge is 2.28. The zero-order valence-corrected chi connectivity index (χ0v) is 16.0. The number of nitrogens with zero attached hydrogens (tertiary/aromatic N) is 1. The van der Waals surface area contributed by atoms with Crippen molar-refractivity contribution in [2.45, 2.75) is 59.3 Å².